The van der Waals surface area contributed by atoms with E-state index in [-0.39, 0.29) is 12.6 Å². The molecule has 0 amide bonds. The first-order valence-electron chi connectivity index (χ1n) is 6.96. The quantitative estimate of drug-likeness (QED) is 0.848. The predicted molar refractivity (Wildman–Crippen MR) is 83.6 cm³/mol. The summed E-state index contributed by atoms with van der Waals surface area (Å²) < 4.78 is 0. The Balaban J connectivity index is 2.29. The van der Waals surface area contributed by atoms with Crippen molar-refractivity contribution in [2.24, 2.45) is 5.73 Å². The zero-order valence-corrected chi connectivity index (χ0v) is 11.9. The topological polar surface area (TPSA) is 49.5 Å². The molecule has 0 unspecified atom stereocenters. The molecular weight excluding hydrogens is 248 g/mol. The van der Waals surface area contributed by atoms with Crippen molar-refractivity contribution in [1.29, 1.82) is 0 Å². The van der Waals surface area contributed by atoms with Crippen molar-refractivity contribution in [3.63, 3.8) is 0 Å². The van der Waals surface area contributed by atoms with Crippen LogP contribution in [0.25, 0.3) is 0 Å². The van der Waals surface area contributed by atoms with Gasteiger partial charge in [0.25, 0.3) is 0 Å². The summed E-state index contributed by atoms with van der Waals surface area (Å²) in [6.07, 6.45) is 0. The van der Waals surface area contributed by atoms with Gasteiger partial charge in [-0.2, -0.15) is 0 Å². The fourth-order valence-corrected chi connectivity index (χ4v) is 2.37. The summed E-state index contributed by atoms with van der Waals surface area (Å²) in [5.74, 6) is 0. The normalized spacial score (nSPS) is 12.2. The maximum Gasteiger partial charge on any atom is 0.0606 e. The first-order chi connectivity index (χ1) is 9.72. The van der Waals surface area contributed by atoms with Gasteiger partial charge in [-0.3, -0.25) is 0 Å². The monoisotopic (exact) mass is 270 g/mol. The van der Waals surface area contributed by atoms with Gasteiger partial charge in [-0.15, -0.1) is 0 Å². The molecule has 0 saturated carbocycles. The van der Waals surface area contributed by atoms with Crippen LogP contribution in [0.1, 0.15) is 24.1 Å². The molecule has 0 spiro atoms. The second-order valence-electron chi connectivity index (χ2n) is 4.98. The lowest BCUT2D eigenvalue weighted by Gasteiger charge is -2.27. The first kappa shape index (κ1) is 14.6. The van der Waals surface area contributed by atoms with Crippen LogP contribution in [-0.2, 0) is 6.54 Å². The molecule has 1 atom stereocenters. The highest BCUT2D eigenvalue weighted by atomic mass is 16.3. The number of aliphatic hydroxyl groups is 1. The second kappa shape index (κ2) is 7.08. The number of benzene rings is 2. The molecule has 0 radical (unpaired) electrons. The van der Waals surface area contributed by atoms with Gasteiger partial charge in [0, 0.05) is 24.8 Å². The summed E-state index contributed by atoms with van der Waals surface area (Å²) in [4.78, 5) is 2.17. The van der Waals surface area contributed by atoms with E-state index in [4.69, 9.17) is 5.73 Å². The smallest absolute Gasteiger partial charge is 0.0606 e. The van der Waals surface area contributed by atoms with Crippen molar-refractivity contribution in [2.75, 3.05) is 18.1 Å². The van der Waals surface area contributed by atoms with Crippen molar-refractivity contribution in [3.8, 4) is 0 Å². The van der Waals surface area contributed by atoms with E-state index in [0.717, 1.165) is 17.8 Å². The van der Waals surface area contributed by atoms with Gasteiger partial charge >= 0.3 is 0 Å². The molecule has 2 rings (SSSR count). The number of hydrogen-bond acceptors (Lipinski definition) is 3. The number of aliphatic hydroxyl groups excluding tert-OH is 1. The number of nitrogens with two attached hydrogens (primary N) is 1. The molecule has 0 heterocycles. The van der Waals surface area contributed by atoms with Crippen LogP contribution in [-0.4, -0.2) is 18.3 Å². The molecule has 0 saturated heterocycles. The fraction of sp³-hybridized carbons (Fsp3) is 0.294. The molecule has 0 aliphatic carbocycles. The highest BCUT2D eigenvalue weighted by Gasteiger charge is 2.13. The Morgan fingerprint density at radius 2 is 1.70 bits per heavy atom. The summed E-state index contributed by atoms with van der Waals surface area (Å²) in [5.41, 5.74) is 9.48. The van der Waals surface area contributed by atoms with Gasteiger partial charge in [-0.1, -0.05) is 48.5 Å². The van der Waals surface area contributed by atoms with Crippen LogP contribution in [0.5, 0.6) is 0 Å². The molecule has 2 aromatic carbocycles. The van der Waals surface area contributed by atoms with Gasteiger partial charge in [0.2, 0.25) is 0 Å². The minimum atomic E-state index is -0.0248. The lowest BCUT2D eigenvalue weighted by Crippen LogP contribution is -2.28. The lowest BCUT2D eigenvalue weighted by atomic mass is 10.1. The van der Waals surface area contributed by atoms with E-state index in [2.05, 4.69) is 29.2 Å². The highest BCUT2D eigenvalue weighted by molar-refractivity contribution is 5.55. The Hall–Kier alpha value is -1.84. The summed E-state index contributed by atoms with van der Waals surface area (Å²) in [6.45, 7) is 3.47. The molecule has 0 bridgehead atoms. The number of nitrogens with zero attached hydrogens (tertiary/aromatic N) is 1. The molecule has 3 N–H and O–H groups in total. The van der Waals surface area contributed by atoms with Gasteiger partial charge in [-0.25, -0.2) is 0 Å². The van der Waals surface area contributed by atoms with E-state index in [1.807, 2.05) is 37.3 Å². The first-order valence-corrected chi connectivity index (χ1v) is 6.96. The van der Waals surface area contributed by atoms with E-state index in [0.29, 0.717) is 6.54 Å². The van der Waals surface area contributed by atoms with Crippen molar-refractivity contribution >= 4 is 5.69 Å². The van der Waals surface area contributed by atoms with Crippen LogP contribution in [0.2, 0.25) is 0 Å². The molecule has 0 fully saturated rings. The van der Waals surface area contributed by atoms with Crippen LogP contribution < -0.4 is 10.6 Å². The molecular formula is C17H22N2O. The minimum absolute atomic E-state index is 0.0248. The molecule has 2 aromatic rings. The van der Waals surface area contributed by atoms with Gasteiger partial charge in [0.05, 0.1) is 6.61 Å². The molecule has 0 aliphatic rings. The van der Waals surface area contributed by atoms with E-state index in [1.165, 1.54) is 5.56 Å². The van der Waals surface area contributed by atoms with E-state index >= 15 is 0 Å². The molecule has 3 nitrogen and oxygen atoms in total. The van der Waals surface area contributed by atoms with Crippen molar-refractivity contribution in [3.05, 3.63) is 65.7 Å². The SMILES string of the molecule is C[C@@H](N)c1ccccc1N(CCO)Cc1ccccc1. The third-order valence-corrected chi connectivity index (χ3v) is 3.35. The number of hydrogen-bond donors (Lipinski definition) is 2. The van der Waals surface area contributed by atoms with Gasteiger partial charge in [0.1, 0.15) is 0 Å². The lowest BCUT2D eigenvalue weighted by molar-refractivity contribution is 0.301. The van der Waals surface area contributed by atoms with Gasteiger partial charge in [0.15, 0.2) is 0 Å². The fourth-order valence-electron chi connectivity index (χ4n) is 2.37. The van der Waals surface area contributed by atoms with Crippen LogP contribution >= 0.6 is 0 Å². The zero-order valence-electron chi connectivity index (χ0n) is 11.9. The maximum atomic E-state index is 9.33. The molecule has 3 heteroatoms. The Bertz CT molecular complexity index is 526. The zero-order chi connectivity index (χ0) is 14.4. The van der Waals surface area contributed by atoms with Crippen LogP contribution in [0.3, 0.4) is 0 Å². The Morgan fingerprint density at radius 1 is 1.05 bits per heavy atom. The molecule has 0 aromatic heterocycles. The Kier molecular flexibility index (Phi) is 5.16. The van der Waals surface area contributed by atoms with Crippen LogP contribution in [0.4, 0.5) is 5.69 Å². The summed E-state index contributed by atoms with van der Waals surface area (Å²) in [5, 5.41) is 9.33. The predicted octanol–water partition coefficient (Wildman–Crippen LogP) is 2.71. The molecule has 0 aliphatic heterocycles. The van der Waals surface area contributed by atoms with Crippen molar-refractivity contribution in [1.82, 2.24) is 0 Å². The summed E-state index contributed by atoms with van der Waals surface area (Å²) >= 11 is 0. The average Bonchev–Trinajstić information content (AvgIpc) is 2.48. The number of para-hydroxylation sites is 1. The molecule has 106 valence electrons. The van der Waals surface area contributed by atoms with E-state index < -0.39 is 0 Å². The highest BCUT2D eigenvalue weighted by Crippen LogP contribution is 2.26. The Labute approximate surface area is 120 Å². The van der Waals surface area contributed by atoms with Crippen molar-refractivity contribution < 1.29 is 5.11 Å². The van der Waals surface area contributed by atoms with E-state index in [1.54, 1.807) is 0 Å². The van der Waals surface area contributed by atoms with Gasteiger partial charge < -0.3 is 15.7 Å². The van der Waals surface area contributed by atoms with Crippen LogP contribution in [0.15, 0.2) is 54.6 Å². The standard InChI is InChI=1S/C17H22N2O/c1-14(18)16-9-5-6-10-17(16)19(11-12-20)13-15-7-3-2-4-8-15/h2-10,14,20H,11-13,18H2,1H3/t14-/m1/s1. The largest absolute Gasteiger partial charge is 0.395 e. The van der Waals surface area contributed by atoms with Gasteiger partial charge in [-0.05, 0) is 24.1 Å². The summed E-state index contributed by atoms with van der Waals surface area (Å²) in [7, 11) is 0. The third kappa shape index (κ3) is 3.59. The third-order valence-electron chi connectivity index (χ3n) is 3.35. The van der Waals surface area contributed by atoms with Crippen LogP contribution in [0, 0.1) is 0 Å². The Morgan fingerprint density at radius 3 is 2.35 bits per heavy atom. The van der Waals surface area contributed by atoms with Crippen molar-refractivity contribution in [2.45, 2.75) is 19.5 Å². The maximum absolute atomic E-state index is 9.33. The minimum Gasteiger partial charge on any atom is -0.395 e. The van der Waals surface area contributed by atoms with E-state index in [9.17, 15) is 5.11 Å². The second-order valence-corrected chi connectivity index (χ2v) is 4.98. The number of anilines is 1. The average molecular weight is 270 g/mol. The molecule has 20 heavy (non-hydrogen) atoms. The summed E-state index contributed by atoms with van der Waals surface area (Å²) in [6, 6.07) is 18.4. The number of rotatable bonds is 6.